The zero-order valence-corrected chi connectivity index (χ0v) is 11.3. The van der Waals surface area contributed by atoms with Gasteiger partial charge < -0.3 is 10.3 Å². The summed E-state index contributed by atoms with van der Waals surface area (Å²) in [7, 11) is 1.96. The van der Waals surface area contributed by atoms with Gasteiger partial charge in [-0.2, -0.15) is 5.10 Å². The number of fused-ring (bicyclic) bond motifs is 1. The van der Waals surface area contributed by atoms with Crippen molar-refractivity contribution in [2.45, 2.75) is 20.0 Å². The molecule has 0 bridgehead atoms. The summed E-state index contributed by atoms with van der Waals surface area (Å²) in [5, 5.41) is 9.13. The number of nitrogens with zero attached hydrogens (tertiary/aromatic N) is 2. The normalized spacial score (nSPS) is 11.3. The van der Waals surface area contributed by atoms with Gasteiger partial charge in [-0.1, -0.05) is 12.1 Å². The summed E-state index contributed by atoms with van der Waals surface area (Å²) in [6.45, 7) is 3.76. The van der Waals surface area contributed by atoms with E-state index in [4.69, 9.17) is 0 Å². The Kier molecular flexibility index (Phi) is 3.09. The van der Waals surface area contributed by atoms with Crippen LogP contribution in [0.2, 0.25) is 0 Å². The molecular formula is C15H18N4. The van der Waals surface area contributed by atoms with Crippen molar-refractivity contribution in [3.8, 4) is 0 Å². The van der Waals surface area contributed by atoms with E-state index in [1.165, 1.54) is 22.0 Å². The summed E-state index contributed by atoms with van der Waals surface area (Å²) in [5.41, 5.74) is 4.86. The summed E-state index contributed by atoms with van der Waals surface area (Å²) in [6.07, 6.45) is 4.05. The van der Waals surface area contributed by atoms with Crippen LogP contribution in [0.5, 0.6) is 0 Å². The Bertz CT molecular complexity index is 693. The molecule has 98 valence electrons. The fraction of sp³-hybridized carbons (Fsp3) is 0.267. The molecule has 3 rings (SSSR count). The summed E-state index contributed by atoms with van der Waals surface area (Å²) < 4.78 is 1.86. The highest BCUT2D eigenvalue weighted by Gasteiger charge is 2.04. The molecule has 4 heteroatoms. The molecule has 0 radical (unpaired) electrons. The Morgan fingerprint density at radius 2 is 2.05 bits per heavy atom. The first kappa shape index (κ1) is 12.0. The lowest BCUT2D eigenvalue weighted by Crippen LogP contribution is -2.13. The van der Waals surface area contributed by atoms with Gasteiger partial charge in [0.1, 0.15) is 0 Å². The van der Waals surface area contributed by atoms with Gasteiger partial charge >= 0.3 is 0 Å². The molecule has 0 amide bonds. The van der Waals surface area contributed by atoms with Gasteiger partial charge in [0.05, 0.1) is 5.69 Å². The van der Waals surface area contributed by atoms with E-state index >= 15 is 0 Å². The fourth-order valence-electron chi connectivity index (χ4n) is 2.46. The molecule has 19 heavy (non-hydrogen) atoms. The smallest absolute Gasteiger partial charge is 0.0638 e. The number of aryl methyl sites for hydroxylation is 2. The predicted octanol–water partition coefficient (Wildman–Crippen LogP) is 2.50. The molecule has 0 spiro atoms. The minimum Gasteiger partial charge on any atom is -0.361 e. The maximum absolute atomic E-state index is 4.35. The van der Waals surface area contributed by atoms with Crippen LogP contribution in [0, 0.1) is 6.92 Å². The van der Waals surface area contributed by atoms with Crippen LogP contribution in [-0.4, -0.2) is 14.8 Å². The van der Waals surface area contributed by atoms with Crippen LogP contribution in [0.3, 0.4) is 0 Å². The van der Waals surface area contributed by atoms with Gasteiger partial charge in [0.15, 0.2) is 0 Å². The van der Waals surface area contributed by atoms with E-state index in [9.17, 15) is 0 Å². The molecule has 0 saturated heterocycles. The van der Waals surface area contributed by atoms with Crippen LogP contribution in [0.15, 0.2) is 36.7 Å². The van der Waals surface area contributed by atoms with E-state index in [-0.39, 0.29) is 0 Å². The maximum Gasteiger partial charge on any atom is 0.0638 e. The number of H-pyrrole nitrogens is 1. The minimum atomic E-state index is 0.848. The lowest BCUT2D eigenvalue weighted by Gasteiger charge is -2.05. The van der Waals surface area contributed by atoms with Crippen LogP contribution in [-0.2, 0) is 20.1 Å². The number of nitrogens with one attached hydrogen (secondary N) is 2. The predicted molar refractivity (Wildman–Crippen MR) is 76.8 cm³/mol. The quantitative estimate of drug-likeness (QED) is 0.751. The zero-order chi connectivity index (χ0) is 13.2. The molecule has 0 aliphatic heterocycles. The minimum absolute atomic E-state index is 0.848. The molecule has 1 aromatic carbocycles. The van der Waals surface area contributed by atoms with Crippen molar-refractivity contribution in [1.29, 1.82) is 0 Å². The first-order valence-corrected chi connectivity index (χ1v) is 6.49. The Hall–Kier alpha value is -2.07. The van der Waals surface area contributed by atoms with Crippen LogP contribution in [0.4, 0.5) is 0 Å². The highest BCUT2D eigenvalue weighted by atomic mass is 15.2. The maximum atomic E-state index is 4.35. The standard InChI is InChI=1S/C15H18N4/c1-11-13(10-19(2)18-11)9-16-8-12-4-3-5-15-14(12)6-7-17-15/h3-7,10,16-17H,8-9H2,1-2H3. The number of aromatic amines is 1. The second-order valence-electron chi connectivity index (χ2n) is 4.87. The molecule has 0 saturated carbocycles. The molecule has 0 aliphatic carbocycles. The van der Waals surface area contributed by atoms with E-state index in [2.05, 4.69) is 45.9 Å². The zero-order valence-electron chi connectivity index (χ0n) is 11.3. The highest BCUT2D eigenvalue weighted by molar-refractivity contribution is 5.82. The van der Waals surface area contributed by atoms with Crippen LogP contribution < -0.4 is 5.32 Å². The molecule has 0 aliphatic rings. The third-order valence-electron chi connectivity index (χ3n) is 3.43. The van der Waals surface area contributed by atoms with Crippen LogP contribution in [0.25, 0.3) is 10.9 Å². The molecule has 4 nitrogen and oxygen atoms in total. The van der Waals surface area contributed by atoms with Crippen LogP contribution in [0.1, 0.15) is 16.8 Å². The third-order valence-corrected chi connectivity index (χ3v) is 3.43. The Labute approximate surface area is 112 Å². The lowest BCUT2D eigenvalue weighted by atomic mass is 10.1. The van der Waals surface area contributed by atoms with Crippen molar-refractivity contribution in [2.24, 2.45) is 7.05 Å². The first-order chi connectivity index (χ1) is 9.24. The summed E-state index contributed by atoms with van der Waals surface area (Å²) in [6, 6.07) is 8.48. The van der Waals surface area contributed by atoms with Crippen molar-refractivity contribution in [3.05, 3.63) is 53.5 Å². The van der Waals surface area contributed by atoms with Crippen LogP contribution >= 0.6 is 0 Å². The molecule has 0 unspecified atom stereocenters. The molecule has 0 fully saturated rings. The lowest BCUT2D eigenvalue weighted by molar-refractivity contribution is 0.693. The second-order valence-corrected chi connectivity index (χ2v) is 4.87. The van der Waals surface area contributed by atoms with E-state index in [0.29, 0.717) is 0 Å². The largest absolute Gasteiger partial charge is 0.361 e. The van der Waals surface area contributed by atoms with Crippen molar-refractivity contribution >= 4 is 10.9 Å². The molecule has 3 aromatic rings. The molecule has 2 aromatic heterocycles. The monoisotopic (exact) mass is 254 g/mol. The highest BCUT2D eigenvalue weighted by Crippen LogP contribution is 2.17. The van der Waals surface area contributed by atoms with E-state index in [1.54, 1.807) is 0 Å². The number of benzene rings is 1. The number of rotatable bonds is 4. The SMILES string of the molecule is Cc1nn(C)cc1CNCc1cccc2[nH]ccc12. The number of aromatic nitrogens is 3. The van der Waals surface area contributed by atoms with Gasteiger partial charge in [-0.3, -0.25) is 4.68 Å². The summed E-state index contributed by atoms with van der Waals surface area (Å²) in [4.78, 5) is 3.24. The van der Waals surface area contributed by atoms with E-state index < -0.39 is 0 Å². The number of hydrogen-bond donors (Lipinski definition) is 2. The van der Waals surface area contributed by atoms with Gasteiger partial charge in [0.25, 0.3) is 0 Å². The molecular weight excluding hydrogens is 236 g/mol. The van der Waals surface area contributed by atoms with Crippen molar-refractivity contribution in [3.63, 3.8) is 0 Å². The average Bonchev–Trinajstić information content (AvgIpc) is 2.97. The number of hydrogen-bond acceptors (Lipinski definition) is 2. The van der Waals surface area contributed by atoms with Gasteiger partial charge in [0, 0.05) is 49.0 Å². The summed E-state index contributed by atoms with van der Waals surface area (Å²) in [5.74, 6) is 0. The fourth-order valence-corrected chi connectivity index (χ4v) is 2.46. The second kappa shape index (κ2) is 4.90. The van der Waals surface area contributed by atoms with Crippen molar-refractivity contribution < 1.29 is 0 Å². The van der Waals surface area contributed by atoms with Crippen molar-refractivity contribution in [2.75, 3.05) is 0 Å². The molecule has 2 N–H and O–H groups in total. The van der Waals surface area contributed by atoms with Crippen molar-refractivity contribution in [1.82, 2.24) is 20.1 Å². The van der Waals surface area contributed by atoms with Gasteiger partial charge in [-0.15, -0.1) is 0 Å². The Balaban J connectivity index is 1.69. The Morgan fingerprint density at radius 1 is 1.21 bits per heavy atom. The van der Waals surface area contributed by atoms with E-state index in [0.717, 1.165) is 18.8 Å². The van der Waals surface area contributed by atoms with Gasteiger partial charge in [0.2, 0.25) is 0 Å². The average molecular weight is 254 g/mol. The van der Waals surface area contributed by atoms with Gasteiger partial charge in [-0.05, 0) is 24.6 Å². The molecule has 0 atom stereocenters. The topological polar surface area (TPSA) is 45.6 Å². The van der Waals surface area contributed by atoms with E-state index in [1.807, 2.05) is 24.9 Å². The molecule has 2 heterocycles. The Morgan fingerprint density at radius 3 is 2.84 bits per heavy atom. The summed E-state index contributed by atoms with van der Waals surface area (Å²) >= 11 is 0. The first-order valence-electron chi connectivity index (χ1n) is 6.49. The third kappa shape index (κ3) is 2.39. The van der Waals surface area contributed by atoms with Gasteiger partial charge in [-0.25, -0.2) is 0 Å².